The van der Waals surface area contributed by atoms with E-state index < -0.39 is 0 Å². The van der Waals surface area contributed by atoms with Crippen molar-refractivity contribution >= 4 is 5.91 Å². The molecule has 1 aromatic rings. The van der Waals surface area contributed by atoms with Gasteiger partial charge in [-0.2, -0.15) is 0 Å². The number of carbonyl (C=O) groups is 1. The quantitative estimate of drug-likeness (QED) is 0.730. The monoisotopic (exact) mass is 251 g/mol. The number of unbranched alkanes of at least 4 members (excludes halogenated alkanes) is 3. The van der Waals surface area contributed by atoms with Crippen molar-refractivity contribution in [1.82, 2.24) is 5.32 Å². The lowest BCUT2D eigenvalue weighted by Crippen LogP contribution is -2.26. The Morgan fingerprint density at radius 1 is 1.22 bits per heavy atom. The third-order valence-corrected chi connectivity index (χ3v) is 3.00. The van der Waals surface area contributed by atoms with E-state index >= 15 is 0 Å². The van der Waals surface area contributed by atoms with Gasteiger partial charge < -0.3 is 5.32 Å². The molecule has 0 unspecified atom stereocenters. The minimum Gasteiger partial charge on any atom is -0.350 e. The van der Waals surface area contributed by atoms with E-state index in [0.29, 0.717) is 0 Å². The highest BCUT2D eigenvalue weighted by Gasteiger charge is 2.12. The normalized spacial score (nSPS) is 12.2. The molecule has 0 radical (unpaired) electrons. The molecule has 0 spiro atoms. The molecule has 1 rings (SSSR count). The maximum atomic E-state index is 12.9. The van der Waals surface area contributed by atoms with Gasteiger partial charge in [0.15, 0.2) is 0 Å². The molecule has 1 atom stereocenters. The fourth-order valence-corrected chi connectivity index (χ4v) is 2.04. The van der Waals surface area contributed by atoms with Gasteiger partial charge in [0.1, 0.15) is 5.82 Å². The fourth-order valence-electron chi connectivity index (χ4n) is 2.04. The molecule has 0 bridgehead atoms. The van der Waals surface area contributed by atoms with E-state index in [1.807, 2.05) is 0 Å². The van der Waals surface area contributed by atoms with Crippen molar-refractivity contribution in [2.75, 3.05) is 0 Å². The van der Waals surface area contributed by atoms with Crippen LogP contribution in [0.5, 0.6) is 0 Å². The Morgan fingerprint density at radius 2 is 1.89 bits per heavy atom. The first kappa shape index (κ1) is 14.7. The SMILES string of the molecule is CCCCCC[C@H](NC(C)=O)c1ccc(F)cc1. The molecule has 1 aromatic carbocycles. The number of halogens is 1. The summed E-state index contributed by atoms with van der Waals surface area (Å²) in [7, 11) is 0. The number of hydrogen-bond donors (Lipinski definition) is 1. The van der Waals surface area contributed by atoms with Gasteiger partial charge in [-0.25, -0.2) is 4.39 Å². The molecule has 18 heavy (non-hydrogen) atoms. The highest BCUT2D eigenvalue weighted by molar-refractivity contribution is 5.73. The molecule has 1 N–H and O–H groups in total. The van der Waals surface area contributed by atoms with Crippen molar-refractivity contribution in [1.29, 1.82) is 0 Å². The van der Waals surface area contributed by atoms with Crippen molar-refractivity contribution in [2.24, 2.45) is 0 Å². The summed E-state index contributed by atoms with van der Waals surface area (Å²) in [6, 6.07) is 6.37. The number of nitrogens with one attached hydrogen (secondary N) is 1. The van der Waals surface area contributed by atoms with Gasteiger partial charge >= 0.3 is 0 Å². The number of hydrogen-bond acceptors (Lipinski definition) is 1. The van der Waals surface area contributed by atoms with Gasteiger partial charge in [0.25, 0.3) is 0 Å². The van der Waals surface area contributed by atoms with Crippen LogP contribution in [0.15, 0.2) is 24.3 Å². The van der Waals surface area contributed by atoms with E-state index in [1.165, 1.54) is 38.3 Å². The third-order valence-electron chi connectivity index (χ3n) is 3.00. The number of amides is 1. The molecular formula is C15H22FNO. The predicted octanol–water partition coefficient (Wildman–Crippen LogP) is 3.97. The lowest BCUT2D eigenvalue weighted by molar-refractivity contribution is -0.119. The summed E-state index contributed by atoms with van der Waals surface area (Å²) in [5.74, 6) is -0.286. The van der Waals surface area contributed by atoms with E-state index in [2.05, 4.69) is 12.2 Å². The maximum Gasteiger partial charge on any atom is 0.217 e. The largest absolute Gasteiger partial charge is 0.350 e. The Hall–Kier alpha value is -1.38. The Bertz CT molecular complexity index is 361. The zero-order valence-electron chi connectivity index (χ0n) is 11.2. The van der Waals surface area contributed by atoms with E-state index in [9.17, 15) is 9.18 Å². The first-order valence-electron chi connectivity index (χ1n) is 6.66. The van der Waals surface area contributed by atoms with Crippen LogP contribution in [-0.2, 0) is 4.79 Å². The molecule has 0 saturated heterocycles. The number of carbonyl (C=O) groups excluding carboxylic acids is 1. The van der Waals surface area contributed by atoms with Crippen LogP contribution in [-0.4, -0.2) is 5.91 Å². The molecule has 0 aliphatic heterocycles. The zero-order valence-corrected chi connectivity index (χ0v) is 11.2. The maximum absolute atomic E-state index is 12.9. The zero-order chi connectivity index (χ0) is 13.4. The van der Waals surface area contributed by atoms with E-state index in [4.69, 9.17) is 0 Å². The minimum atomic E-state index is -0.244. The first-order valence-corrected chi connectivity index (χ1v) is 6.66. The Morgan fingerprint density at radius 3 is 2.44 bits per heavy atom. The Labute approximate surface area is 109 Å². The average Bonchev–Trinajstić information content (AvgIpc) is 2.34. The van der Waals surface area contributed by atoms with Crippen molar-refractivity contribution < 1.29 is 9.18 Å². The fraction of sp³-hybridized carbons (Fsp3) is 0.533. The number of benzene rings is 1. The van der Waals surface area contributed by atoms with Crippen LogP contribution in [0.4, 0.5) is 4.39 Å². The first-order chi connectivity index (χ1) is 8.63. The molecule has 2 nitrogen and oxygen atoms in total. The van der Waals surface area contributed by atoms with Crippen LogP contribution >= 0.6 is 0 Å². The summed E-state index contributed by atoms with van der Waals surface area (Å²) in [5, 5.41) is 2.93. The Kier molecular flexibility index (Phi) is 6.40. The van der Waals surface area contributed by atoms with Crippen LogP contribution in [0, 0.1) is 5.82 Å². The molecule has 100 valence electrons. The second-order valence-electron chi connectivity index (χ2n) is 4.65. The minimum absolute atomic E-state index is 0.0000406. The highest BCUT2D eigenvalue weighted by atomic mass is 19.1. The average molecular weight is 251 g/mol. The van der Waals surface area contributed by atoms with Crippen molar-refractivity contribution in [3.05, 3.63) is 35.6 Å². The van der Waals surface area contributed by atoms with Crippen LogP contribution in [0.2, 0.25) is 0 Å². The Balaban J connectivity index is 2.59. The van der Waals surface area contributed by atoms with Gasteiger partial charge in [0, 0.05) is 6.92 Å². The van der Waals surface area contributed by atoms with Crippen molar-refractivity contribution in [2.45, 2.75) is 52.0 Å². The molecule has 0 aliphatic carbocycles. The molecular weight excluding hydrogens is 229 g/mol. The van der Waals surface area contributed by atoms with Crippen LogP contribution in [0.25, 0.3) is 0 Å². The van der Waals surface area contributed by atoms with Crippen molar-refractivity contribution in [3.63, 3.8) is 0 Å². The van der Waals surface area contributed by atoms with Gasteiger partial charge in [0.05, 0.1) is 6.04 Å². The van der Waals surface area contributed by atoms with Gasteiger partial charge in [-0.3, -0.25) is 4.79 Å². The van der Waals surface area contributed by atoms with Gasteiger partial charge in [-0.15, -0.1) is 0 Å². The lowest BCUT2D eigenvalue weighted by Gasteiger charge is -2.18. The van der Waals surface area contributed by atoms with E-state index in [-0.39, 0.29) is 17.8 Å². The molecule has 1 amide bonds. The van der Waals surface area contributed by atoms with E-state index in [0.717, 1.165) is 18.4 Å². The standard InChI is InChI=1S/C15H22FNO/c1-3-4-5-6-7-15(17-12(2)18)13-8-10-14(16)11-9-13/h8-11,15H,3-7H2,1-2H3,(H,17,18)/t15-/m0/s1. The second kappa shape index (κ2) is 7.85. The molecule has 0 aliphatic rings. The van der Waals surface area contributed by atoms with Gasteiger partial charge in [0.2, 0.25) is 5.91 Å². The van der Waals surface area contributed by atoms with Gasteiger partial charge in [-0.1, -0.05) is 44.7 Å². The third kappa shape index (κ3) is 5.30. The van der Waals surface area contributed by atoms with Crippen LogP contribution in [0.1, 0.15) is 57.6 Å². The highest BCUT2D eigenvalue weighted by Crippen LogP contribution is 2.20. The molecule has 0 aromatic heterocycles. The summed E-state index contributed by atoms with van der Waals surface area (Å²) in [4.78, 5) is 11.2. The summed E-state index contributed by atoms with van der Waals surface area (Å²) in [6.45, 7) is 3.69. The van der Waals surface area contributed by atoms with Crippen molar-refractivity contribution in [3.8, 4) is 0 Å². The summed E-state index contributed by atoms with van der Waals surface area (Å²) in [6.07, 6.45) is 5.58. The smallest absolute Gasteiger partial charge is 0.217 e. The van der Waals surface area contributed by atoms with E-state index in [1.54, 1.807) is 12.1 Å². The second-order valence-corrected chi connectivity index (χ2v) is 4.65. The topological polar surface area (TPSA) is 29.1 Å². The van der Waals surface area contributed by atoms with Crippen LogP contribution < -0.4 is 5.32 Å². The predicted molar refractivity (Wildman–Crippen MR) is 71.7 cm³/mol. The van der Waals surface area contributed by atoms with Crippen LogP contribution in [0.3, 0.4) is 0 Å². The summed E-state index contributed by atoms with van der Waals surface area (Å²) < 4.78 is 12.9. The lowest BCUT2D eigenvalue weighted by atomic mass is 10.00. The molecule has 0 saturated carbocycles. The van der Waals surface area contributed by atoms with Gasteiger partial charge in [-0.05, 0) is 24.1 Å². The summed E-state index contributed by atoms with van der Waals surface area (Å²) in [5.41, 5.74) is 0.975. The molecule has 0 fully saturated rings. The number of rotatable bonds is 7. The molecule has 3 heteroatoms. The molecule has 0 heterocycles. The summed E-state index contributed by atoms with van der Waals surface area (Å²) >= 11 is 0.